The number of carboxylic acids is 1. The summed E-state index contributed by atoms with van der Waals surface area (Å²) in [5.41, 5.74) is 3.10. The number of hydrogen-bond acceptors (Lipinski definition) is 4. The average molecular weight is 520 g/mol. The molecule has 0 radical (unpaired) electrons. The maximum absolute atomic E-state index is 16.1. The van der Waals surface area contributed by atoms with E-state index in [0.717, 1.165) is 22.2 Å². The highest BCUT2D eigenvalue weighted by Crippen LogP contribution is 2.45. The molecule has 1 aromatic heterocycles. The number of fused-ring (bicyclic) bond motifs is 3. The second kappa shape index (κ2) is 11.6. The number of benzene rings is 2. The Bertz CT molecular complexity index is 1220. The van der Waals surface area contributed by atoms with Gasteiger partial charge in [-0.3, -0.25) is 14.1 Å². The number of nitrogens with one attached hydrogen (secondary N) is 2. The van der Waals surface area contributed by atoms with Crippen molar-refractivity contribution in [1.82, 2.24) is 15.2 Å². The Morgan fingerprint density at radius 3 is 2.83 bits per heavy atom. The summed E-state index contributed by atoms with van der Waals surface area (Å²) >= 11 is 6.63. The normalized spacial score (nSPS) is 18.8. The molecule has 9 heteroatoms. The molecule has 0 spiro atoms. The monoisotopic (exact) mass is 519 g/mol. The van der Waals surface area contributed by atoms with Gasteiger partial charge in [-0.1, -0.05) is 36.7 Å². The highest BCUT2D eigenvalue weighted by atomic mass is 35.5. The minimum absolute atomic E-state index is 0.0525. The van der Waals surface area contributed by atoms with Gasteiger partial charge < -0.3 is 20.1 Å². The fourth-order valence-corrected chi connectivity index (χ4v) is 5.21. The Balaban J connectivity index is 1.75. The van der Waals surface area contributed by atoms with Gasteiger partial charge >= 0.3 is 5.97 Å². The predicted molar refractivity (Wildman–Crippen MR) is 137 cm³/mol. The van der Waals surface area contributed by atoms with Gasteiger partial charge in [-0.15, -0.1) is 0 Å². The van der Waals surface area contributed by atoms with E-state index in [1.54, 1.807) is 13.0 Å². The molecule has 0 aliphatic carbocycles. The molecule has 194 valence electrons. The number of aromatic amines is 1. The molecule has 0 fully saturated rings. The fourth-order valence-electron chi connectivity index (χ4n) is 4.96. The second-order valence-electron chi connectivity index (χ2n) is 9.37. The summed E-state index contributed by atoms with van der Waals surface area (Å²) < 4.78 is 34.0. The number of carboxylic acid groups (broad SMARTS) is 1. The van der Waals surface area contributed by atoms with Crippen LogP contribution in [0.2, 0.25) is 5.02 Å². The number of halogens is 3. The minimum Gasteiger partial charge on any atom is -0.489 e. The fraction of sp³-hybridized carbons (Fsp3) is 0.444. The number of carbonyl (C=O) groups is 1. The number of H-pyrrole nitrogens is 1. The van der Waals surface area contributed by atoms with E-state index in [0.29, 0.717) is 25.9 Å². The van der Waals surface area contributed by atoms with Crippen LogP contribution in [0.15, 0.2) is 36.4 Å². The van der Waals surface area contributed by atoms with Crippen molar-refractivity contribution in [3.8, 4) is 5.75 Å². The number of hydrogen-bond donors (Lipinski definition) is 3. The summed E-state index contributed by atoms with van der Waals surface area (Å²) in [6, 6.07) is 10.4. The zero-order valence-electron chi connectivity index (χ0n) is 20.5. The number of para-hydroxylation sites is 1. The first-order valence-electron chi connectivity index (χ1n) is 12.3. The van der Waals surface area contributed by atoms with Crippen molar-refractivity contribution in [2.45, 2.75) is 38.8 Å². The maximum atomic E-state index is 16.1. The van der Waals surface area contributed by atoms with Gasteiger partial charge in [0.15, 0.2) is 11.6 Å². The number of nitrogens with zero attached hydrogens (tertiary/aromatic N) is 1. The molecular weight excluding hydrogens is 488 g/mol. The van der Waals surface area contributed by atoms with Crippen LogP contribution in [0.1, 0.15) is 43.1 Å². The van der Waals surface area contributed by atoms with Gasteiger partial charge in [-0.05, 0) is 50.1 Å². The Hall–Kier alpha value is -2.68. The van der Waals surface area contributed by atoms with Gasteiger partial charge in [0.25, 0.3) is 0 Å². The van der Waals surface area contributed by atoms with Crippen molar-refractivity contribution in [1.29, 1.82) is 0 Å². The SMILES string of the molecule is CC(CN1C(c2c(Cl)ccc(OCCNCCCF)c2F)c2[nH]c3ccccc3c2C[C@@H]1C)C(=O)O. The lowest BCUT2D eigenvalue weighted by molar-refractivity contribution is -0.142. The van der Waals surface area contributed by atoms with Crippen molar-refractivity contribution in [3.63, 3.8) is 0 Å². The van der Waals surface area contributed by atoms with E-state index in [1.807, 2.05) is 36.1 Å². The first-order chi connectivity index (χ1) is 17.3. The van der Waals surface area contributed by atoms with E-state index in [4.69, 9.17) is 16.3 Å². The first-order valence-corrected chi connectivity index (χ1v) is 12.7. The van der Waals surface area contributed by atoms with Crippen LogP contribution >= 0.6 is 11.6 Å². The molecule has 0 bridgehead atoms. The Morgan fingerprint density at radius 2 is 2.08 bits per heavy atom. The Kier molecular flexibility index (Phi) is 8.49. The summed E-state index contributed by atoms with van der Waals surface area (Å²) in [5.74, 6) is -2.06. The molecule has 2 heterocycles. The summed E-state index contributed by atoms with van der Waals surface area (Å²) in [6.07, 6.45) is 1.11. The lowest BCUT2D eigenvalue weighted by Gasteiger charge is -2.42. The summed E-state index contributed by atoms with van der Waals surface area (Å²) in [4.78, 5) is 17.2. The quantitative estimate of drug-likeness (QED) is 0.298. The van der Waals surface area contributed by atoms with Crippen LogP contribution in [0.4, 0.5) is 8.78 Å². The molecule has 4 rings (SSSR count). The van der Waals surface area contributed by atoms with E-state index in [1.165, 1.54) is 6.07 Å². The number of ether oxygens (including phenoxy) is 1. The molecule has 2 aromatic carbocycles. The lowest BCUT2D eigenvalue weighted by Crippen LogP contribution is -2.46. The van der Waals surface area contributed by atoms with E-state index in [9.17, 15) is 14.3 Å². The van der Waals surface area contributed by atoms with Crippen LogP contribution < -0.4 is 10.1 Å². The Morgan fingerprint density at radius 1 is 1.31 bits per heavy atom. The zero-order chi connectivity index (χ0) is 25.8. The number of aromatic nitrogens is 1. The van der Waals surface area contributed by atoms with Crippen LogP contribution in [0.5, 0.6) is 5.75 Å². The smallest absolute Gasteiger partial charge is 0.307 e. The molecule has 3 N–H and O–H groups in total. The molecule has 6 nitrogen and oxygen atoms in total. The molecule has 36 heavy (non-hydrogen) atoms. The van der Waals surface area contributed by atoms with Gasteiger partial charge in [-0.2, -0.15) is 0 Å². The second-order valence-corrected chi connectivity index (χ2v) is 9.78. The van der Waals surface area contributed by atoms with Crippen molar-refractivity contribution < 1.29 is 23.4 Å². The molecular formula is C27H32ClF2N3O3. The highest BCUT2D eigenvalue weighted by Gasteiger charge is 2.40. The third-order valence-corrected chi connectivity index (χ3v) is 7.14. The zero-order valence-corrected chi connectivity index (χ0v) is 21.2. The standard InChI is InChI=1S/C27H32ClF2N3O3/c1-16(27(34)35)15-33-17(2)14-19-18-6-3-4-7-21(18)32-25(19)26(33)23-20(28)8-9-22(24(23)30)36-13-12-31-11-5-10-29/h3-4,6-9,16-17,26,31-32H,5,10-15H2,1-2H3,(H,34,35)/t16?,17-,26?/m0/s1. The number of rotatable bonds is 11. The van der Waals surface area contributed by atoms with Crippen molar-refractivity contribution >= 4 is 28.5 Å². The van der Waals surface area contributed by atoms with Crippen LogP contribution in [0.25, 0.3) is 10.9 Å². The van der Waals surface area contributed by atoms with E-state index in [2.05, 4.69) is 10.3 Å². The molecule has 2 unspecified atom stereocenters. The third-order valence-electron chi connectivity index (χ3n) is 6.81. The van der Waals surface area contributed by atoms with Gasteiger partial charge in [0.1, 0.15) is 6.61 Å². The lowest BCUT2D eigenvalue weighted by atomic mass is 9.87. The molecule has 1 aliphatic heterocycles. The highest BCUT2D eigenvalue weighted by molar-refractivity contribution is 6.31. The third kappa shape index (κ3) is 5.36. The van der Waals surface area contributed by atoms with Gasteiger partial charge in [0.2, 0.25) is 0 Å². The molecule has 3 atom stereocenters. The molecule has 3 aromatic rings. The van der Waals surface area contributed by atoms with E-state index in [-0.39, 0.29) is 35.5 Å². The van der Waals surface area contributed by atoms with Crippen LogP contribution in [-0.2, 0) is 11.2 Å². The molecule has 1 aliphatic rings. The molecule has 0 amide bonds. The van der Waals surface area contributed by atoms with Crippen molar-refractivity contribution in [2.75, 3.05) is 32.9 Å². The Labute approximate surface area is 214 Å². The van der Waals surface area contributed by atoms with Gasteiger partial charge in [0, 0.05) is 46.3 Å². The van der Waals surface area contributed by atoms with Crippen LogP contribution in [0, 0.1) is 11.7 Å². The van der Waals surface area contributed by atoms with Gasteiger partial charge in [-0.25, -0.2) is 4.39 Å². The largest absolute Gasteiger partial charge is 0.489 e. The maximum Gasteiger partial charge on any atom is 0.307 e. The van der Waals surface area contributed by atoms with Crippen molar-refractivity contribution in [2.24, 2.45) is 5.92 Å². The van der Waals surface area contributed by atoms with Crippen molar-refractivity contribution in [3.05, 3.63) is 64.1 Å². The van der Waals surface area contributed by atoms with Crippen LogP contribution in [-0.4, -0.2) is 59.9 Å². The average Bonchev–Trinajstić information content (AvgIpc) is 3.22. The minimum atomic E-state index is -0.910. The van der Waals surface area contributed by atoms with Crippen LogP contribution in [0.3, 0.4) is 0 Å². The molecule has 0 saturated carbocycles. The summed E-state index contributed by atoms with van der Waals surface area (Å²) in [7, 11) is 0. The number of aliphatic carboxylic acids is 1. The van der Waals surface area contributed by atoms with E-state index >= 15 is 4.39 Å². The number of alkyl halides is 1. The first kappa shape index (κ1) is 26.4. The summed E-state index contributed by atoms with van der Waals surface area (Å²) in [5, 5.41) is 14.0. The predicted octanol–water partition coefficient (Wildman–Crippen LogP) is 5.35. The topological polar surface area (TPSA) is 77.6 Å². The van der Waals surface area contributed by atoms with E-state index < -0.39 is 30.4 Å². The molecule has 0 saturated heterocycles. The van der Waals surface area contributed by atoms with Gasteiger partial charge in [0.05, 0.1) is 18.6 Å². The summed E-state index contributed by atoms with van der Waals surface area (Å²) in [6.45, 7) is 4.70.